The zero-order chi connectivity index (χ0) is 14.4. The van der Waals surface area contributed by atoms with Gasteiger partial charge < -0.3 is 5.11 Å². The van der Waals surface area contributed by atoms with Gasteiger partial charge in [-0.1, -0.05) is 36.3 Å². The van der Waals surface area contributed by atoms with Crippen molar-refractivity contribution in [3.63, 3.8) is 0 Å². The third-order valence-electron chi connectivity index (χ3n) is 3.06. The van der Waals surface area contributed by atoms with Crippen molar-refractivity contribution in [2.75, 3.05) is 13.6 Å². The van der Waals surface area contributed by atoms with E-state index in [1.165, 1.54) is 0 Å². The highest BCUT2D eigenvalue weighted by molar-refractivity contribution is 5.17. The number of rotatable bonds is 6. The summed E-state index contributed by atoms with van der Waals surface area (Å²) in [5, 5.41) is 14.4. The van der Waals surface area contributed by atoms with Crippen LogP contribution in [0.4, 0.5) is 0 Å². The van der Waals surface area contributed by atoms with Crippen LogP contribution in [-0.4, -0.2) is 33.4 Å². The molecule has 1 atom stereocenters. The molecule has 0 aliphatic heterocycles. The SMILES string of the molecule is C#CCn1cc(CN(C)CC(O)c2ccccc2)cn1. The Hall–Kier alpha value is -2.09. The van der Waals surface area contributed by atoms with E-state index in [0.717, 1.165) is 17.7 Å². The molecule has 1 aromatic carbocycles. The minimum Gasteiger partial charge on any atom is -0.387 e. The van der Waals surface area contributed by atoms with Gasteiger partial charge in [0.15, 0.2) is 0 Å². The Morgan fingerprint density at radius 1 is 1.40 bits per heavy atom. The third-order valence-corrected chi connectivity index (χ3v) is 3.06. The maximum absolute atomic E-state index is 10.2. The first-order valence-corrected chi connectivity index (χ1v) is 6.55. The monoisotopic (exact) mass is 269 g/mol. The third kappa shape index (κ3) is 3.95. The van der Waals surface area contributed by atoms with Crippen LogP contribution in [0.1, 0.15) is 17.2 Å². The van der Waals surface area contributed by atoms with Gasteiger partial charge in [-0.2, -0.15) is 5.10 Å². The van der Waals surface area contributed by atoms with Crippen LogP contribution < -0.4 is 0 Å². The molecule has 4 heteroatoms. The summed E-state index contributed by atoms with van der Waals surface area (Å²) in [5.41, 5.74) is 2.02. The predicted octanol–water partition coefficient (Wildman–Crippen LogP) is 1.68. The molecule has 0 bridgehead atoms. The van der Waals surface area contributed by atoms with Gasteiger partial charge in [-0.15, -0.1) is 6.42 Å². The van der Waals surface area contributed by atoms with E-state index in [2.05, 4.69) is 15.9 Å². The lowest BCUT2D eigenvalue weighted by atomic mass is 10.1. The van der Waals surface area contributed by atoms with Gasteiger partial charge in [0.1, 0.15) is 6.54 Å². The van der Waals surface area contributed by atoms with E-state index in [1.807, 2.05) is 49.8 Å². The zero-order valence-corrected chi connectivity index (χ0v) is 11.6. The highest BCUT2D eigenvalue weighted by atomic mass is 16.3. The fourth-order valence-electron chi connectivity index (χ4n) is 2.12. The first-order valence-electron chi connectivity index (χ1n) is 6.55. The molecule has 0 spiro atoms. The molecule has 2 aromatic rings. The number of likely N-dealkylation sites (N-methyl/N-ethyl adjacent to an activating group) is 1. The molecule has 104 valence electrons. The van der Waals surface area contributed by atoms with Gasteiger partial charge in [0, 0.05) is 24.8 Å². The lowest BCUT2D eigenvalue weighted by Gasteiger charge is -2.20. The fraction of sp³-hybridized carbons (Fsp3) is 0.312. The van der Waals surface area contributed by atoms with E-state index in [-0.39, 0.29) is 0 Å². The standard InChI is InChI=1S/C16H19N3O/c1-3-9-19-12-14(10-17-19)11-18(2)13-16(20)15-7-5-4-6-8-15/h1,4-8,10,12,16,20H,9,11,13H2,2H3. The van der Waals surface area contributed by atoms with Crippen molar-refractivity contribution in [3.05, 3.63) is 53.9 Å². The Kier molecular flexibility index (Phi) is 4.94. The van der Waals surface area contributed by atoms with E-state index in [1.54, 1.807) is 4.68 Å². The minimum absolute atomic E-state index is 0.482. The van der Waals surface area contributed by atoms with Gasteiger partial charge in [-0.25, -0.2) is 0 Å². The lowest BCUT2D eigenvalue weighted by Crippen LogP contribution is -2.24. The van der Waals surface area contributed by atoms with Crippen molar-refractivity contribution in [1.29, 1.82) is 0 Å². The number of aliphatic hydroxyl groups excluding tert-OH is 1. The first kappa shape index (κ1) is 14.3. The molecule has 0 saturated carbocycles. The van der Waals surface area contributed by atoms with Crippen molar-refractivity contribution < 1.29 is 5.11 Å². The Bertz CT molecular complexity index is 571. The van der Waals surface area contributed by atoms with Crippen molar-refractivity contribution in [3.8, 4) is 12.3 Å². The van der Waals surface area contributed by atoms with Crippen LogP contribution in [0.25, 0.3) is 0 Å². The van der Waals surface area contributed by atoms with Gasteiger partial charge in [-0.3, -0.25) is 9.58 Å². The zero-order valence-electron chi connectivity index (χ0n) is 11.6. The van der Waals surface area contributed by atoms with Gasteiger partial charge in [0.2, 0.25) is 0 Å². The maximum atomic E-state index is 10.2. The van der Waals surface area contributed by atoms with Gasteiger partial charge >= 0.3 is 0 Å². The number of terminal acetylenes is 1. The van der Waals surface area contributed by atoms with Gasteiger partial charge in [0.05, 0.1) is 12.3 Å². The average molecular weight is 269 g/mol. The molecule has 2 rings (SSSR count). The topological polar surface area (TPSA) is 41.3 Å². The largest absolute Gasteiger partial charge is 0.387 e. The molecular formula is C16H19N3O. The van der Waals surface area contributed by atoms with Crippen LogP contribution in [0.3, 0.4) is 0 Å². The molecule has 1 aromatic heterocycles. The van der Waals surface area contributed by atoms with Crippen molar-refractivity contribution in [2.24, 2.45) is 0 Å². The summed E-state index contributed by atoms with van der Waals surface area (Å²) < 4.78 is 1.73. The molecule has 20 heavy (non-hydrogen) atoms. The molecule has 4 nitrogen and oxygen atoms in total. The Morgan fingerprint density at radius 3 is 2.85 bits per heavy atom. The van der Waals surface area contributed by atoms with Crippen LogP contribution in [0, 0.1) is 12.3 Å². The lowest BCUT2D eigenvalue weighted by molar-refractivity contribution is 0.124. The van der Waals surface area contributed by atoms with Crippen LogP contribution in [0.15, 0.2) is 42.7 Å². The predicted molar refractivity (Wildman–Crippen MR) is 78.8 cm³/mol. The van der Waals surface area contributed by atoms with Crippen LogP contribution in [0.5, 0.6) is 0 Å². The van der Waals surface area contributed by atoms with E-state index < -0.39 is 6.10 Å². The van der Waals surface area contributed by atoms with Crippen LogP contribution >= 0.6 is 0 Å². The Labute approximate surface area is 119 Å². The van der Waals surface area contributed by atoms with Crippen molar-refractivity contribution in [1.82, 2.24) is 14.7 Å². The molecule has 1 unspecified atom stereocenters. The number of nitrogens with zero attached hydrogens (tertiary/aromatic N) is 3. The van der Waals surface area contributed by atoms with E-state index >= 15 is 0 Å². The number of hydrogen-bond donors (Lipinski definition) is 1. The number of hydrogen-bond acceptors (Lipinski definition) is 3. The van der Waals surface area contributed by atoms with Gasteiger partial charge in [-0.05, 0) is 12.6 Å². The fourth-order valence-corrected chi connectivity index (χ4v) is 2.12. The average Bonchev–Trinajstić information content (AvgIpc) is 2.87. The summed E-state index contributed by atoms with van der Waals surface area (Å²) in [6.45, 7) is 1.79. The van der Waals surface area contributed by atoms with Gasteiger partial charge in [0.25, 0.3) is 0 Å². The summed E-state index contributed by atoms with van der Waals surface area (Å²) in [6, 6.07) is 9.68. The molecule has 0 radical (unpaired) electrons. The smallest absolute Gasteiger partial charge is 0.101 e. The molecule has 0 saturated heterocycles. The number of benzene rings is 1. The second kappa shape index (κ2) is 6.90. The molecule has 0 amide bonds. The summed E-state index contributed by atoms with van der Waals surface area (Å²) in [4.78, 5) is 2.06. The summed E-state index contributed by atoms with van der Waals surface area (Å²) in [7, 11) is 1.98. The minimum atomic E-state index is -0.484. The van der Waals surface area contributed by atoms with E-state index in [9.17, 15) is 5.11 Å². The number of aliphatic hydroxyl groups is 1. The van der Waals surface area contributed by atoms with Crippen LogP contribution in [-0.2, 0) is 13.1 Å². The molecule has 0 aliphatic rings. The maximum Gasteiger partial charge on any atom is 0.101 e. The first-order chi connectivity index (χ1) is 9.69. The summed E-state index contributed by atoms with van der Waals surface area (Å²) >= 11 is 0. The number of aromatic nitrogens is 2. The highest BCUT2D eigenvalue weighted by Crippen LogP contribution is 2.14. The van der Waals surface area contributed by atoms with E-state index in [0.29, 0.717) is 13.1 Å². The van der Waals surface area contributed by atoms with Crippen molar-refractivity contribution in [2.45, 2.75) is 19.2 Å². The second-order valence-corrected chi connectivity index (χ2v) is 4.87. The molecule has 0 aliphatic carbocycles. The Morgan fingerprint density at radius 2 is 2.15 bits per heavy atom. The highest BCUT2D eigenvalue weighted by Gasteiger charge is 2.11. The molecular weight excluding hydrogens is 250 g/mol. The molecule has 1 heterocycles. The normalized spacial score (nSPS) is 12.3. The van der Waals surface area contributed by atoms with Crippen LogP contribution in [0.2, 0.25) is 0 Å². The molecule has 0 fully saturated rings. The quantitative estimate of drug-likeness (QED) is 0.811. The summed E-state index contributed by atoms with van der Waals surface area (Å²) in [5.74, 6) is 2.55. The van der Waals surface area contributed by atoms with E-state index in [4.69, 9.17) is 6.42 Å². The second-order valence-electron chi connectivity index (χ2n) is 4.87. The summed E-state index contributed by atoms with van der Waals surface area (Å²) in [6.07, 6.45) is 8.51. The Balaban J connectivity index is 1.88. The molecule has 1 N–H and O–H groups in total. The van der Waals surface area contributed by atoms with Crippen molar-refractivity contribution >= 4 is 0 Å².